The van der Waals surface area contributed by atoms with Crippen LogP contribution in [-0.4, -0.2) is 48.7 Å². The predicted octanol–water partition coefficient (Wildman–Crippen LogP) is 2.32. The lowest BCUT2D eigenvalue weighted by molar-refractivity contribution is -0.132. The summed E-state index contributed by atoms with van der Waals surface area (Å²) in [4.78, 5) is 18.6. The largest absolute Gasteiger partial charge is 0.364 e. The molecule has 0 atom stereocenters. The van der Waals surface area contributed by atoms with Crippen LogP contribution in [0.4, 0.5) is 5.82 Å². The maximum absolute atomic E-state index is 12.5. The zero-order chi connectivity index (χ0) is 19.3. The summed E-state index contributed by atoms with van der Waals surface area (Å²) in [6.07, 6.45) is 6.72. The smallest absolute Gasteiger partial charge is 0.223 e. The van der Waals surface area contributed by atoms with Crippen LogP contribution in [0.1, 0.15) is 37.6 Å². The molecular formula is C20H25N7O. The Morgan fingerprint density at radius 1 is 1.21 bits per heavy atom. The van der Waals surface area contributed by atoms with Gasteiger partial charge in [0.15, 0.2) is 11.5 Å². The van der Waals surface area contributed by atoms with Gasteiger partial charge in [-0.25, -0.2) is 0 Å². The number of nitrogens with zero attached hydrogens (tertiary/aromatic N) is 6. The minimum Gasteiger partial charge on any atom is -0.364 e. The number of fused-ring (bicyclic) bond motifs is 1. The number of aromatic nitrogens is 5. The molecule has 8 nitrogen and oxygen atoms in total. The molecule has 0 spiro atoms. The Labute approximate surface area is 164 Å². The second kappa shape index (κ2) is 8.33. The molecular weight excluding hydrogens is 354 g/mol. The van der Waals surface area contributed by atoms with E-state index in [1.54, 1.807) is 10.7 Å². The Kier molecular flexibility index (Phi) is 5.45. The van der Waals surface area contributed by atoms with Crippen molar-refractivity contribution in [1.29, 1.82) is 0 Å². The van der Waals surface area contributed by atoms with Gasteiger partial charge in [-0.1, -0.05) is 13.0 Å². The monoisotopic (exact) mass is 379 g/mol. The fourth-order valence-electron chi connectivity index (χ4n) is 3.41. The molecule has 3 aromatic rings. The summed E-state index contributed by atoms with van der Waals surface area (Å²) >= 11 is 0. The van der Waals surface area contributed by atoms with Crippen LogP contribution in [-0.2, 0) is 17.8 Å². The molecule has 4 rings (SSSR count). The molecule has 1 aliphatic heterocycles. The van der Waals surface area contributed by atoms with Crippen molar-refractivity contribution in [3.63, 3.8) is 0 Å². The highest BCUT2D eigenvalue weighted by molar-refractivity contribution is 5.76. The number of nitrogens with one attached hydrogen (secondary N) is 1. The van der Waals surface area contributed by atoms with Gasteiger partial charge >= 0.3 is 0 Å². The first-order chi connectivity index (χ1) is 13.7. The van der Waals surface area contributed by atoms with Gasteiger partial charge in [-0.3, -0.25) is 9.78 Å². The van der Waals surface area contributed by atoms with Gasteiger partial charge < -0.3 is 10.2 Å². The molecule has 3 aromatic heterocycles. The zero-order valence-corrected chi connectivity index (χ0v) is 16.1. The van der Waals surface area contributed by atoms with Crippen molar-refractivity contribution in [3.8, 4) is 0 Å². The van der Waals surface area contributed by atoms with Crippen molar-refractivity contribution >= 4 is 17.4 Å². The van der Waals surface area contributed by atoms with Gasteiger partial charge in [-0.15, -0.1) is 15.3 Å². The lowest BCUT2D eigenvalue weighted by Crippen LogP contribution is -2.38. The van der Waals surface area contributed by atoms with E-state index in [1.165, 1.54) is 0 Å². The third-order valence-electron chi connectivity index (χ3n) is 5.22. The highest BCUT2D eigenvalue weighted by atomic mass is 16.2. The van der Waals surface area contributed by atoms with E-state index in [2.05, 4.69) is 32.5 Å². The van der Waals surface area contributed by atoms with Gasteiger partial charge in [-0.2, -0.15) is 4.52 Å². The van der Waals surface area contributed by atoms with Gasteiger partial charge in [0.05, 0.1) is 0 Å². The molecule has 1 amide bonds. The van der Waals surface area contributed by atoms with Gasteiger partial charge in [0.25, 0.3) is 0 Å². The maximum Gasteiger partial charge on any atom is 0.223 e. The summed E-state index contributed by atoms with van der Waals surface area (Å²) in [6.45, 7) is 4.61. The zero-order valence-electron chi connectivity index (χ0n) is 16.1. The number of aryl methyl sites for hydroxylation is 1. The molecule has 4 heterocycles. The molecule has 0 bridgehead atoms. The first-order valence-corrected chi connectivity index (χ1v) is 9.81. The van der Waals surface area contributed by atoms with Crippen LogP contribution in [0.2, 0.25) is 0 Å². The number of rotatable bonds is 6. The molecule has 0 saturated carbocycles. The van der Waals surface area contributed by atoms with E-state index in [9.17, 15) is 4.79 Å². The lowest BCUT2D eigenvalue weighted by Gasteiger charge is -2.30. The molecule has 1 aliphatic rings. The molecule has 8 heteroatoms. The fraction of sp³-hybridized carbons (Fsp3) is 0.450. The molecule has 1 saturated heterocycles. The number of carbonyl (C=O) groups excluding carboxylic acids is 1. The van der Waals surface area contributed by atoms with Crippen LogP contribution in [0.5, 0.6) is 0 Å². The van der Waals surface area contributed by atoms with Crippen LogP contribution in [0.3, 0.4) is 0 Å². The standard InChI is InChI=1S/C20H25N7O/c1-15-8-11-26(12-9-15)20(28)7-6-19-24-23-18-5-4-17(25-27(18)19)22-14-16-3-2-10-21-13-16/h2-5,10,13,15H,6-9,11-12,14H2,1H3,(H,22,25). The Bertz CT molecular complexity index is 932. The van der Waals surface area contributed by atoms with Gasteiger partial charge in [0.2, 0.25) is 5.91 Å². The summed E-state index contributed by atoms with van der Waals surface area (Å²) in [5.41, 5.74) is 1.76. The topological polar surface area (TPSA) is 88.3 Å². The minimum atomic E-state index is 0.189. The number of likely N-dealkylation sites (tertiary alicyclic amines) is 1. The Hall–Kier alpha value is -3.03. The Morgan fingerprint density at radius 2 is 2.07 bits per heavy atom. The van der Waals surface area contributed by atoms with Crippen LogP contribution < -0.4 is 5.32 Å². The maximum atomic E-state index is 12.5. The summed E-state index contributed by atoms with van der Waals surface area (Å²) in [7, 11) is 0. The van der Waals surface area contributed by atoms with Crippen LogP contribution in [0.25, 0.3) is 5.65 Å². The van der Waals surface area contributed by atoms with Crippen molar-refractivity contribution in [2.45, 2.75) is 39.2 Å². The minimum absolute atomic E-state index is 0.189. The van der Waals surface area contributed by atoms with Crippen molar-refractivity contribution in [3.05, 3.63) is 48.0 Å². The van der Waals surface area contributed by atoms with Crippen molar-refractivity contribution < 1.29 is 4.79 Å². The van der Waals surface area contributed by atoms with Crippen molar-refractivity contribution in [2.24, 2.45) is 5.92 Å². The predicted molar refractivity (Wildman–Crippen MR) is 106 cm³/mol. The molecule has 1 fully saturated rings. The third kappa shape index (κ3) is 4.27. The van der Waals surface area contributed by atoms with E-state index in [-0.39, 0.29) is 5.91 Å². The molecule has 1 N–H and O–H groups in total. The van der Waals surface area contributed by atoms with Crippen LogP contribution in [0, 0.1) is 5.92 Å². The van der Waals surface area contributed by atoms with E-state index in [0.717, 1.165) is 37.3 Å². The van der Waals surface area contributed by atoms with Gasteiger partial charge in [-0.05, 0) is 42.5 Å². The second-order valence-electron chi connectivity index (χ2n) is 7.38. The molecule has 0 aromatic carbocycles. The number of anilines is 1. The van der Waals surface area contributed by atoms with Crippen molar-refractivity contribution in [2.75, 3.05) is 18.4 Å². The quantitative estimate of drug-likeness (QED) is 0.707. The summed E-state index contributed by atoms with van der Waals surface area (Å²) in [5, 5.41) is 16.3. The van der Waals surface area contributed by atoms with Gasteiger partial charge in [0, 0.05) is 44.9 Å². The van der Waals surface area contributed by atoms with Crippen LogP contribution >= 0.6 is 0 Å². The Balaban J connectivity index is 1.39. The van der Waals surface area contributed by atoms with Crippen LogP contribution in [0.15, 0.2) is 36.7 Å². The van der Waals surface area contributed by atoms with E-state index in [1.807, 2.05) is 35.4 Å². The van der Waals surface area contributed by atoms with E-state index >= 15 is 0 Å². The van der Waals surface area contributed by atoms with E-state index in [4.69, 9.17) is 0 Å². The molecule has 0 radical (unpaired) electrons. The average Bonchev–Trinajstić information content (AvgIpc) is 3.14. The average molecular weight is 379 g/mol. The second-order valence-corrected chi connectivity index (χ2v) is 7.38. The third-order valence-corrected chi connectivity index (χ3v) is 5.22. The summed E-state index contributed by atoms with van der Waals surface area (Å²) in [5.74, 6) is 2.34. The molecule has 0 aliphatic carbocycles. The Morgan fingerprint density at radius 3 is 2.86 bits per heavy atom. The first kappa shape index (κ1) is 18.3. The fourth-order valence-corrected chi connectivity index (χ4v) is 3.41. The number of hydrogen-bond donors (Lipinski definition) is 1. The normalized spacial score (nSPS) is 15.1. The van der Waals surface area contributed by atoms with E-state index < -0.39 is 0 Å². The molecule has 28 heavy (non-hydrogen) atoms. The highest BCUT2D eigenvalue weighted by Crippen LogP contribution is 2.17. The molecule has 146 valence electrons. The van der Waals surface area contributed by atoms with Gasteiger partial charge in [0.1, 0.15) is 5.82 Å². The number of hydrogen-bond acceptors (Lipinski definition) is 6. The SMILES string of the molecule is CC1CCN(C(=O)CCc2nnc3ccc(NCc4cccnc4)nn23)CC1. The number of amides is 1. The highest BCUT2D eigenvalue weighted by Gasteiger charge is 2.20. The first-order valence-electron chi connectivity index (χ1n) is 9.81. The summed E-state index contributed by atoms with van der Waals surface area (Å²) in [6, 6.07) is 7.67. The number of carbonyl (C=O) groups is 1. The lowest BCUT2D eigenvalue weighted by atomic mass is 9.99. The summed E-state index contributed by atoms with van der Waals surface area (Å²) < 4.78 is 1.72. The van der Waals surface area contributed by atoms with Crippen molar-refractivity contribution in [1.82, 2.24) is 29.7 Å². The molecule has 0 unspecified atom stereocenters. The number of pyridine rings is 1. The van der Waals surface area contributed by atoms with E-state index in [0.29, 0.717) is 36.8 Å². The number of piperidine rings is 1.